The molecule has 2 nitrogen and oxygen atoms in total. The van der Waals surface area contributed by atoms with E-state index in [0.717, 1.165) is 11.9 Å². The van der Waals surface area contributed by atoms with E-state index in [1.807, 2.05) is 11.8 Å². The third kappa shape index (κ3) is 5.50. The zero-order valence-corrected chi connectivity index (χ0v) is 10.9. The molecule has 1 rings (SSSR count). The van der Waals surface area contributed by atoms with Gasteiger partial charge in [0.2, 0.25) is 0 Å². The highest BCUT2D eigenvalue weighted by atomic mass is 79.9. The second-order valence-corrected chi connectivity index (χ2v) is 4.85. The van der Waals surface area contributed by atoms with Crippen LogP contribution in [0.15, 0.2) is 0 Å². The number of rotatable bonds is 4. The number of hydrogen-bond acceptors (Lipinski definition) is 2. The van der Waals surface area contributed by atoms with Crippen molar-refractivity contribution >= 4 is 15.9 Å². The molecule has 1 fully saturated rings. The van der Waals surface area contributed by atoms with Crippen LogP contribution in [0.25, 0.3) is 0 Å². The largest absolute Gasteiger partial charge is 0.389 e. The molecule has 0 aromatic carbocycles. The van der Waals surface area contributed by atoms with Gasteiger partial charge in [0.15, 0.2) is 0 Å². The Balaban J connectivity index is 2.26. The van der Waals surface area contributed by atoms with Gasteiger partial charge in [-0.1, -0.05) is 15.9 Å². The van der Waals surface area contributed by atoms with Gasteiger partial charge in [0, 0.05) is 24.8 Å². The fraction of sp³-hybridized carbons (Fsp3) is 1.00. The summed E-state index contributed by atoms with van der Waals surface area (Å²) in [5.74, 6) is 0. The number of halogens is 4. The molecular weight excluding hydrogens is 287 g/mol. The van der Waals surface area contributed by atoms with Gasteiger partial charge in [0.25, 0.3) is 0 Å². The minimum absolute atomic E-state index is 0.0923. The van der Waals surface area contributed by atoms with E-state index in [1.165, 1.54) is 0 Å². The van der Waals surface area contributed by atoms with E-state index >= 15 is 0 Å². The van der Waals surface area contributed by atoms with Crippen LogP contribution in [-0.4, -0.2) is 48.2 Å². The molecule has 1 aliphatic rings. The Morgan fingerprint density at radius 3 is 2.62 bits per heavy atom. The third-order valence-electron chi connectivity index (χ3n) is 2.51. The van der Waals surface area contributed by atoms with Gasteiger partial charge in [-0.3, -0.25) is 4.90 Å². The van der Waals surface area contributed by atoms with Crippen LogP contribution in [0.5, 0.6) is 0 Å². The molecule has 96 valence electrons. The van der Waals surface area contributed by atoms with Crippen LogP contribution in [0.1, 0.15) is 19.8 Å². The standard InChI is InChI=1S/C10H17BrF3NO/c1-8-6-15(7-9(5-11)16-8)4-2-3-10(12,13)14/h8-9H,2-7H2,1H3. The van der Waals surface area contributed by atoms with Crippen LogP contribution in [0, 0.1) is 0 Å². The lowest BCUT2D eigenvalue weighted by molar-refractivity contribution is -0.137. The number of ether oxygens (including phenoxy) is 1. The summed E-state index contributed by atoms with van der Waals surface area (Å²) >= 11 is 3.33. The maximum absolute atomic E-state index is 12.0. The van der Waals surface area contributed by atoms with Crippen molar-refractivity contribution in [2.75, 3.05) is 25.0 Å². The van der Waals surface area contributed by atoms with Crippen LogP contribution < -0.4 is 0 Å². The lowest BCUT2D eigenvalue weighted by Gasteiger charge is -2.36. The minimum Gasteiger partial charge on any atom is -0.372 e. The van der Waals surface area contributed by atoms with Crippen molar-refractivity contribution in [1.29, 1.82) is 0 Å². The van der Waals surface area contributed by atoms with Crippen LogP contribution in [0.2, 0.25) is 0 Å². The van der Waals surface area contributed by atoms with E-state index in [0.29, 0.717) is 13.1 Å². The zero-order valence-electron chi connectivity index (χ0n) is 9.26. The predicted molar refractivity (Wildman–Crippen MR) is 59.9 cm³/mol. The number of morpholine rings is 1. The highest BCUT2D eigenvalue weighted by Gasteiger charge is 2.28. The molecule has 2 unspecified atom stereocenters. The van der Waals surface area contributed by atoms with Crippen molar-refractivity contribution in [3.8, 4) is 0 Å². The number of nitrogens with zero attached hydrogens (tertiary/aromatic N) is 1. The maximum Gasteiger partial charge on any atom is 0.389 e. The Hall–Kier alpha value is 0.190. The smallest absolute Gasteiger partial charge is 0.372 e. The van der Waals surface area contributed by atoms with Crippen LogP contribution in [0.3, 0.4) is 0 Å². The molecule has 0 aliphatic carbocycles. The van der Waals surface area contributed by atoms with Crippen molar-refractivity contribution < 1.29 is 17.9 Å². The van der Waals surface area contributed by atoms with Gasteiger partial charge in [-0.2, -0.15) is 13.2 Å². The molecule has 0 N–H and O–H groups in total. The molecule has 1 heterocycles. The highest BCUT2D eigenvalue weighted by molar-refractivity contribution is 9.09. The van der Waals surface area contributed by atoms with Crippen molar-refractivity contribution in [2.24, 2.45) is 0 Å². The first-order chi connectivity index (χ1) is 7.40. The van der Waals surface area contributed by atoms with Crippen molar-refractivity contribution in [2.45, 2.75) is 38.1 Å². The van der Waals surface area contributed by atoms with Gasteiger partial charge < -0.3 is 4.74 Å². The monoisotopic (exact) mass is 303 g/mol. The Kier molecular flexibility index (Phi) is 5.53. The number of alkyl halides is 4. The second-order valence-electron chi connectivity index (χ2n) is 4.20. The first kappa shape index (κ1) is 14.3. The average molecular weight is 304 g/mol. The molecule has 0 radical (unpaired) electrons. The van der Waals surface area contributed by atoms with Crippen LogP contribution >= 0.6 is 15.9 Å². The quantitative estimate of drug-likeness (QED) is 0.741. The number of hydrogen-bond donors (Lipinski definition) is 0. The maximum atomic E-state index is 12.0. The van der Waals surface area contributed by atoms with E-state index in [1.54, 1.807) is 0 Å². The summed E-state index contributed by atoms with van der Waals surface area (Å²) in [6.07, 6.45) is -4.37. The molecule has 0 spiro atoms. The molecule has 2 atom stereocenters. The van der Waals surface area contributed by atoms with E-state index in [9.17, 15) is 13.2 Å². The molecule has 0 bridgehead atoms. The van der Waals surface area contributed by atoms with Gasteiger partial charge >= 0.3 is 6.18 Å². The second kappa shape index (κ2) is 6.21. The molecule has 0 saturated carbocycles. The lowest BCUT2D eigenvalue weighted by atomic mass is 10.2. The van der Waals surface area contributed by atoms with Gasteiger partial charge in [-0.15, -0.1) is 0 Å². The van der Waals surface area contributed by atoms with E-state index in [2.05, 4.69) is 15.9 Å². The van der Waals surface area contributed by atoms with E-state index in [-0.39, 0.29) is 18.6 Å². The Morgan fingerprint density at radius 2 is 2.06 bits per heavy atom. The normalized spacial score (nSPS) is 28.3. The summed E-state index contributed by atoms with van der Waals surface area (Å²) in [4.78, 5) is 2.05. The van der Waals surface area contributed by atoms with Gasteiger partial charge in [-0.25, -0.2) is 0 Å². The van der Waals surface area contributed by atoms with Crippen molar-refractivity contribution in [3.63, 3.8) is 0 Å². The average Bonchev–Trinajstić information content (AvgIpc) is 2.14. The molecule has 1 saturated heterocycles. The highest BCUT2D eigenvalue weighted by Crippen LogP contribution is 2.22. The SMILES string of the molecule is CC1CN(CCCC(F)(F)F)CC(CBr)O1. The topological polar surface area (TPSA) is 12.5 Å². The minimum atomic E-state index is -4.03. The van der Waals surface area contributed by atoms with Crippen molar-refractivity contribution in [3.05, 3.63) is 0 Å². The van der Waals surface area contributed by atoms with Crippen LogP contribution in [0.4, 0.5) is 13.2 Å². The van der Waals surface area contributed by atoms with Gasteiger partial charge in [0.1, 0.15) is 0 Å². The molecule has 0 aromatic heterocycles. The summed E-state index contributed by atoms with van der Waals surface area (Å²) in [5, 5.41) is 0.729. The zero-order chi connectivity index (χ0) is 12.2. The fourth-order valence-electron chi connectivity index (χ4n) is 1.91. The molecular formula is C10H17BrF3NO. The Morgan fingerprint density at radius 1 is 1.38 bits per heavy atom. The molecule has 0 aromatic rings. The Bertz CT molecular complexity index is 213. The van der Waals surface area contributed by atoms with Crippen LogP contribution in [-0.2, 0) is 4.74 Å². The summed E-state index contributed by atoms with van der Waals surface area (Å²) in [5.41, 5.74) is 0. The molecule has 1 aliphatic heterocycles. The first-order valence-corrected chi connectivity index (χ1v) is 6.53. The summed E-state index contributed by atoms with van der Waals surface area (Å²) in [7, 11) is 0. The Labute approximate surface area is 102 Å². The third-order valence-corrected chi connectivity index (χ3v) is 3.23. The van der Waals surface area contributed by atoms with E-state index < -0.39 is 12.6 Å². The summed E-state index contributed by atoms with van der Waals surface area (Å²) < 4.78 is 41.5. The fourth-order valence-corrected chi connectivity index (χ4v) is 2.27. The molecule has 6 heteroatoms. The molecule has 16 heavy (non-hydrogen) atoms. The first-order valence-electron chi connectivity index (χ1n) is 5.41. The molecule has 0 amide bonds. The predicted octanol–water partition coefficient (Wildman–Crippen LogP) is 2.81. The van der Waals surface area contributed by atoms with Crippen molar-refractivity contribution in [1.82, 2.24) is 4.90 Å². The summed E-state index contributed by atoms with van der Waals surface area (Å²) in [6, 6.07) is 0. The summed E-state index contributed by atoms with van der Waals surface area (Å²) in [6.45, 7) is 3.89. The van der Waals surface area contributed by atoms with Gasteiger partial charge in [-0.05, 0) is 19.9 Å². The lowest BCUT2D eigenvalue weighted by Crippen LogP contribution is -2.47. The van der Waals surface area contributed by atoms with Gasteiger partial charge in [0.05, 0.1) is 12.2 Å². The van der Waals surface area contributed by atoms with E-state index in [4.69, 9.17) is 4.74 Å².